The molecule has 0 spiro atoms. The fraction of sp³-hybridized carbons (Fsp3) is 0.409. The van der Waals surface area contributed by atoms with E-state index in [0.29, 0.717) is 5.03 Å². The molecule has 1 aromatic rings. The lowest BCUT2D eigenvalue weighted by Crippen LogP contribution is -2.14. The Balaban J connectivity index is 0.00000254. The molecule has 0 heterocycles. The van der Waals surface area contributed by atoms with Gasteiger partial charge in [0.05, 0.1) is 0 Å². The Morgan fingerprint density at radius 1 is 1.21 bits per heavy atom. The maximum Gasteiger partial charge on any atom is 0.0375 e. The van der Waals surface area contributed by atoms with Crippen LogP contribution in [-0.4, -0.2) is 6.04 Å². The summed E-state index contributed by atoms with van der Waals surface area (Å²) in [5, 5.41) is 0.640. The molecule has 0 saturated heterocycles. The highest BCUT2D eigenvalue weighted by Gasteiger charge is 2.00. The van der Waals surface area contributed by atoms with Crippen LogP contribution in [0, 0.1) is 0 Å². The van der Waals surface area contributed by atoms with Crippen LogP contribution in [0.1, 0.15) is 51.7 Å². The van der Waals surface area contributed by atoms with Gasteiger partial charge in [-0.2, -0.15) is 0 Å². The maximum absolute atomic E-state index is 6.12. The van der Waals surface area contributed by atoms with Crippen LogP contribution in [-0.2, 0) is 12.8 Å². The van der Waals surface area contributed by atoms with Gasteiger partial charge in [-0.05, 0) is 55.0 Å². The topological polar surface area (TPSA) is 26.0 Å². The average Bonchev–Trinajstić information content (AvgIpc) is 2.58. The van der Waals surface area contributed by atoms with Crippen LogP contribution < -0.4 is 5.73 Å². The molecule has 0 saturated carbocycles. The highest BCUT2D eigenvalue weighted by molar-refractivity contribution is 6.30. The van der Waals surface area contributed by atoms with E-state index in [4.69, 9.17) is 17.3 Å². The fourth-order valence-electron chi connectivity index (χ4n) is 2.13. The lowest BCUT2D eigenvalue weighted by molar-refractivity contribution is 0.906. The highest BCUT2D eigenvalue weighted by atomic mass is 35.5. The van der Waals surface area contributed by atoms with Crippen LogP contribution in [0.4, 0.5) is 0 Å². The van der Waals surface area contributed by atoms with Crippen molar-refractivity contribution in [1.82, 2.24) is 0 Å². The minimum absolute atomic E-state index is 0.158. The smallest absolute Gasteiger partial charge is 0.0375 e. The number of benzene rings is 1. The van der Waals surface area contributed by atoms with E-state index in [2.05, 4.69) is 49.6 Å². The highest BCUT2D eigenvalue weighted by Crippen LogP contribution is 2.14. The van der Waals surface area contributed by atoms with E-state index in [-0.39, 0.29) is 6.04 Å². The Morgan fingerprint density at radius 3 is 2.21 bits per heavy atom. The van der Waals surface area contributed by atoms with Crippen molar-refractivity contribution in [3.05, 3.63) is 76.5 Å². The first-order chi connectivity index (χ1) is 11.6. The van der Waals surface area contributed by atoms with Crippen LogP contribution in [0.25, 0.3) is 0 Å². The number of aryl methyl sites for hydroxylation is 2. The predicted molar refractivity (Wildman–Crippen MR) is 109 cm³/mol. The van der Waals surface area contributed by atoms with E-state index in [9.17, 15) is 0 Å². The van der Waals surface area contributed by atoms with Crippen molar-refractivity contribution < 1.29 is 0 Å². The lowest BCUT2D eigenvalue weighted by atomic mass is 10.0. The molecule has 1 atom stereocenters. The summed E-state index contributed by atoms with van der Waals surface area (Å²) in [6.45, 7) is 11.7. The third-order valence-corrected chi connectivity index (χ3v) is 3.84. The summed E-state index contributed by atoms with van der Waals surface area (Å²) < 4.78 is 0. The number of allylic oxidation sites excluding steroid dienone is 4. The van der Waals surface area contributed by atoms with Crippen molar-refractivity contribution in [1.29, 1.82) is 0 Å². The monoisotopic (exact) mass is 345 g/mol. The van der Waals surface area contributed by atoms with Gasteiger partial charge in [-0.1, -0.05) is 75.7 Å². The largest absolute Gasteiger partial charge is 0.323 e. The summed E-state index contributed by atoms with van der Waals surface area (Å²) in [6, 6.07) is 8.72. The predicted octanol–water partition coefficient (Wildman–Crippen LogP) is 6.34. The summed E-state index contributed by atoms with van der Waals surface area (Å²) in [4.78, 5) is 0. The van der Waals surface area contributed by atoms with Crippen molar-refractivity contribution >= 4 is 11.6 Å². The molecule has 132 valence electrons. The molecule has 0 fully saturated rings. The molecule has 0 aliphatic heterocycles. The number of halogens is 1. The molecule has 1 rings (SSSR count). The van der Waals surface area contributed by atoms with E-state index in [0.717, 1.165) is 24.8 Å². The van der Waals surface area contributed by atoms with Gasteiger partial charge in [-0.25, -0.2) is 0 Å². The van der Waals surface area contributed by atoms with Crippen LogP contribution in [0.5, 0.6) is 0 Å². The van der Waals surface area contributed by atoms with E-state index >= 15 is 0 Å². The van der Waals surface area contributed by atoms with E-state index in [1.54, 1.807) is 0 Å². The van der Waals surface area contributed by atoms with Gasteiger partial charge in [0.15, 0.2) is 0 Å². The van der Waals surface area contributed by atoms with E-state index in [1.165, 1.54) is 17.5 Å². The van der Waals surface area contributed by atoms with Gasteiger partial charge < -0.3 is 5.73 Å². The summed E-state index contributed by atoms with van der Waals surface area (Å²) >= 11 is 6.12. The van der Waals surface area contributed by atoms with Crippen molar-refractivity contribution in [2.75, 3.05) is 0 Å². The summed E-state index contributed by atoms with van der Waals surface area (Å²) in [5.74, 6) is 0. The van der Waals surface area contributed by atoms with Crippen LogP contribution in [0.3, 0.4) is 0 Å². The molecule has 1 unspecified atom stereocenters. The summed E-state index contributed by atoms with van der Waals surface area (Å²) in [5.41, 5.74) is 12.3. The molecule has 0 aliphatic rings. The minimum Gasteiger partial charge on any atom is -0.323 e. The Bertz CT molecular complexity index is 558. The fourth-order valence-corrected chi connectivity index (χ4v) is 2.26. The first-order valence-electron chi connectivity index (χ1n) is 8.83. The maximum atomic E-state index is 6.12. The number of hydrogen-bond donors (Lipinski definition) is 1. The quantitative estimate of drug-likeness (QED) is 0.432. The molecular formula is C22H32ClN. The average molecular weight is 346 g/mol. The molecule has 1 aromatic carbocycles. The van der Waals surface area contributed by atoms with Gasteiger partial charge in [0.2, 0.25) is 0 Å². The number of rotatable bonds is 8. The zero-order valence-corrected chi connectivity index (χ0v) is 16.4. The van der Waals surface area contributed by atoms with Gasteiger partial charge in [-0.3, -0.25) is 0 Å². The molecule has 0 radical (unpaired) electrons. The molecule has 24 heavy (non-hydrogen) atoms. The van der Waals surface area contributed by atoms with E-state index in [1.807, 2.05) is 32.9 Å². The van der Waals surface area contributed by atoms with Crippen molar-refractivity contribution in [3.63, 3.8) is 0 Å². The number of hydrogen-bond acceptors (Lipinski definition) is 1. The van der Waals surface area contributed by atoms with Gasteiger partial charge in [0, 0.05) is 11.1 Å². The van der Waals surface area contributed by atoms with Gasteiger partial charge in [-0.15, -0.1) is 5.73 Å². The summed E-state index contributed by atoms with van der Waals surface area (Å²) in [6.07, 6.45) is 10.1. The molecule has 0 aliphatic carbocycles. The third-order valence-electron chi connectivity index (χ3n) is 3.38. The zero-order valence-electron chi connectivity index (χ0n) is 15.6. The van der Waals surface area contributed by atoms with Crippen LogP contribution in [0.2, 0.25) is 0 Å². The molecular weight excluding hydrogens is 314 g/mol. The van der Waals surface area contributed by atoms with Crippen molar-refractivity contribution in [2.24, 2.45) is 5.73 Å². The second-order valence-electron chi connectivity index (χ2n) is 5.48. The summed E-state index contributed by atoms with van der Waals surface area (Å²) in [7, 11) is 0. The van der Waals surface area contributed by atoms with Gasteiger partial charge >= 0.3 is 0 Å². The minimum atomic E-state index is -0.158. The molecule has 2 N–H and O–H groups in total. The van der Waals surface area contributed by atoms with Crippen molar-refractivity contribution in [2.45, 2.75) is 59.4 Å². The Kier molecular flexibility index (Phi) is 13.0. The zero-order chi connectivity index (χ0) is 18.4. The van der Waals surface area contributed by atoms with Crippen LogP contribution in [0.15, 0.2) is 65.4 Å². The Morgan fingerprint density at radius 2 is 1.75 bits per heavy atom. The molecule has 0 bridgehead atoms. The molecule has 0 amide bonds. The standard InChI is InChI=1S/C20H26ClN.C2H6/c1-4-7-17-11-13-18(14-12-17)9-6-10-19(8-5-2)15-20(21)16(3)22;1-2/h8,10-16H,2,4,6-7,9,22H2,1,3H3;1-2H3/b19-10-,20-15+;. The number of nitrogens with two attached hydrogens (primary N) is 1. The van der Waals surface area contributed by atoms with Crippen LogP contribution >= 0.6 is 11.6 Å². The Labute approximate surface area is 153 Å². The van der Waals surface area contributed by atoms with Crippen molar-refractivity contribution in [3.8, 4) is 0 Å². The molecule has 2 heteroatoms. The first kappa shape index (κ1) is 22.5. The third kappa shape index (κ3) is 9.57. The SMILES string of the molecule is C=C=CC(=C/CCc1ccc(CCC)cc1)/C=C(/Cl)C(C)N.CC. The van der Waals surface area contributed by atoms with Gasteiger partial charge in [0.1, 0.15) is 0 Å². The second-order valence-corrected chi connectivity index (χ2v) is 5.91. The lowest BCUT2D eigenvalue weighted by Gasteiger charge is -2.04. The van der Waals surface area contributed by atoms with E-state index < -0.39 is 0 Å². The van der Waals surface area contributed by atoms with Gasteiger partial charge in [0.25, 0.3) is 0 Å². The molecule has 1 nitrogen and oxygen atoms in total. The normalized spacial score (nSPS) is 12.8. The molecule has 0 aromatic heterocycles. The first-order valence-corrected chi connectivity index (χ1v) is 9.21. The Hall–Kier alpha value is -1.53. The second kappa shape index (κ2) is 13.9.